The largest absolute Gasteiger partial charge is 0.415 e. The Balaban J connectivity index is 0.000000220. The molecule has 1 fully saturated rings. The first kappa shape index (κ1) is 18.9. The SMILES string of the molecule is C[C@@H]1CO[C@H](C(F)(F)F)CN1.Cc1ccc(S(=O)(=O)O)cc1. The molecule has 1 aromatic carbocycles. The summed E-state index contributed by atoms with van der Waals surface area (Å²) in [6, 6.07) is 6.01. The van der Waals surface area contributed by atoms with Crippen LogP contribution in [-0.2, 0) is 14.9 Å². The van der Waals surface area contributed by atoms with Gasteiger partial charge < -0.3 is 10.1 Å². The fourth-order valence-corrected chi connectivity index (χ4v) is 2.09. The van der Waals surface area contributed by atoms with Gasteiger partial charge in [-0.05, 0) is 26.0 Å². The van der Waals surface area contributed by atoms with E-state index in [1.807, 2.05) is 6.92 Å². The van der Waals surface area contributed by atoms with Crippen LogP contribution in [0.2, 0.25) is 0 Å². The van der Waals surface area contributed by atoms with Crippen LogP contribution in [0.15, 0.2) is 29.2 Å². The van der Waals surface area contributed by atoms with Crippen molar-refractivity contribution in [2.75, 3.05) is 13.2 Å². The molecule has 5 nitrogen and oxygen atoms in total. The monoisotopic (exact) mass is 341 g/mol. The zero-order chi connectivity index (χ0) is 17.0. The molecule has 9 heteroatoms. The first-order valence-corrected chi connectivity index (χ1v) is 7.90. The van der Waals surface area contributed by atoms with Crippen molar-refractivity contribution in [2.45, 2.75) is 37.1 Å². The lowest BCUT2D eigenvalue weighted by Crippen LogP contribution is -2.50. The van der Waals surface area contributed by atoms with E-state index >= 15 is 0 Å². The molecule has 0 bridgehead atoms. The number of morpholine rings is 1. The first-order chi connectivity index (χ1) is 10.00. The molecule has 2 rings (SSSR count). The van der Waals surface area contributed by atoms with E-state index in [4.69, 9.17) is 4.55 Å². The van der Waals surface area contributed by atoms with Crippen LogP contribution >= 0.6 is 0 Å². The third kappa shape index (κ3) is 6.30. The van der Waals surface area contributed by atoms with Crippen molar-refractivity contribution in [2.24, 2.45) is 0 Å². The molecule has 0 saturated carbocycles. The smallest absolute Gasteiger partial charge is 0.366 e. The fourth-order valence-electron chi connectivity index (χ4n) is 1.61. The minimum Gasteiger partial charge on any atom is -0.366 e. The molecular formula is C13H18F3NO4S. The van der Waals surface area contributed by atoms with Crippen molar-refractivity contribution < 1.29 is 30.9 Å². The summed E-state index contributed by atoms with van der Waals surface area (Å²) >= 11 is 0. The lowest BCUT2D eigenvalue weighted by atomic mass is 10.2. The minimum atomic E-state index is -4.23. The van der Waals surface area contributed by atoms with Gasteiger partial charge in [0.25, 0.3) is 10.1 Å². The summed E-state index contributed by atoms with van der Waals surface area (Å²) in [5.74, 6) is 0. The van der Waals surface area contributed by atoms with E-state index in [2.05, 4.69) is 10.1 Å². The van der Waals surface area contributed by atoms with Gasteiger partial charge in [0, 0.05) is 12.6 Å². The Morgan fingerprint density at radius 2 is 1.82 bits per heavy atom. The summed E-state index contributed by atoms with van der Waals surface area (Å²) in [5, 5.41) is 2.69. The number of hydrogen-bond donors (Lipinski definition) is 2. The number of alkyl halides is 3. The molecule has 0 radical (unpaired) electrons. The first-order valence-electron chi connectivity index (χ1n) is 6.46. The van der Waals surface area contributed by atoms with Crippen molar-refractivity contribution in [3.05, 3.63) is 29.8 Å². The summed E-state index contributed by atoms with van der Waals surface area (Å²) in [7, 11) is -4.02. The number of nitrogens with one attached hydrogen (secondary N) is 1. The number of ether oxygens (including phenoxy) is 1. The van der Waals surface area contributed by atoms with E-state index in [9.17, 15) is 21.6 Å². The molecular weight excluding hydrogens is 323 g/mol. The van der Waals surface area contributed by atoms with Crippen LogP contribution in [0, 0.1) is 6.92 Å². The van der Waals surface area contributed by atoms with Crippen LogP contribution in [0.5, 0.6) is 0 Å². The molecule has 0 unspecified atom stereocenters. The molecule has 22 heavy (non-hydrogen) atoms. The van der Waals surface area contributed by atoms with Gasteiger partial charge in [-0.15, -0.1) is 0 Å². The highest BCUT2D eigenvalue weighted by atomic mass is 32.2. The van der Waals surface area contributed by atoms with Gasteiger partial charge in [-0.2, -0.15) is 21.6 Å². The van der Waals surface area contributed by atoms with E-state index in [-0.39, 0.29) is 24.1 Å². The van der Waals surface area contributed by atoms with Crippen molar-refractivity contribution in [3.8, 4) is 0 Å². The van der Waals surface area contributed by atoms with E-state index in [0.717, 1.165) is 5.56 Å². The van der Waals surface area contributed by atoms with Crippen LogP contribution in [0.3, 0.4) is 0 Å². The van der Waals surface area contributed by atoms with E-state index in [1.54, 1.807) is 19.1 Å². The van der Waals surface area contributed by atoms with Crippen molar-refractivity contribution in [1.82, 2.24) is 5.32 Å². The zero-order valence-electron chi connectivity index (χ0n) is 12.1. The summed E-state index contributed by atoms with van der Waals surface area (Å²) in [6.07, 6.45) is -5.86. The standard InChI is InChI=1S/C7H8O3S.C6H10F3NO/c1-6-2-4-7(5-3-6)11(8,9)10;1-4-3-11-5(2-10-4)6(7,8)9/h2-5H,1H3,(H,8,9,10);4-5,10H,2-3H2,1H3/t;4-,5+/m.1/s1. The highest BCUT2D eigenvalue weighted by Crippen LogP contribution is 2.24. The van der Waals surface area contributed by atoms with Crippen molar-refractivity contribution in [1.29, 1.82) is 0 Å². The maximum Gasteiger partial charge on any atom is 0.415 e. The molecule has 2 N–H and O–H groups in total. The van der Waals surface area contributed by atoms with Gasteiger partial charge in [0.2, 0.25) is 0 Å². The maximum absolute atomic E-state index is 11.9. The van der Waals surface area contributed by atoms with Gasteiger partial charge in [-0.25, -0.2) is 0 Å². The molecule has 0 spiro atoms. The Hall–Kier alpha value is -1.16. The highest BCUT2D eigenvalue weighted by molar-refractivity contribution is 7.85. The van der Waals surface area contributed by atoms with E-state index in [1.165, 1.54) is 12.1 Å². The van der Waals surface area contributed by atoms with Gasteiger partial charge >= 0.3 is 6.18 Å². The Labute approximate surface area is 127 Å². The molecule has 0 aliphatic carbocycles. The summed E-state index contributed by atoms with van der Waals surface area (Å²) in [5.41, 5.74) is 0.956. The van der Waals surface area contributed by atoms with Crippen LogP contribution < -0.4 is 5.32 Å². The van der Waals surface area contributed by atoms with E-state index in [0.29, 0.717) is 0 Å². The average molecular weight is 341 g/mol. The summed E-state index contributed by atoms with van der Waals surface area (Å²) in [4.78, 5) is -0.0666. The van der Waals surface area contributed by atoms with Crippen LogP contribution in [0.4, 0.5) is 13.2 Å². The molecule has 2 atom stereocenters. The van der Waals surface area contributed by atoms with Crippen LogP contribution in [0.25, 0.3) is 0 Å². The summed E-state index contributed by atoms with van der Waals surface area (Å²) < 4.78 is 69.8. The Bertz CT molecular complexity index is 564. The fraction of sp³-hybridized carbons (Fsp3) is 0.538. The van der Waals surface area contributed by atoms with E-state index < -0.39 is 22.4 Å². The third-order valence-corrected chi connectivity index (χ3v) is 3.75. The van der Waals surface area contributed by atoms with Gasteiger partial charge in [-0.3, -0.25) is 4.55 Å². The molecule has 1 aliphatic heterocycles. The number of hydrogen-bond acceptors (Lipinski definition) is 4. The predicted molar refractivity (Wildman–Crippen MR) is 74.3 cm³/mol. The van der Waals surface area contributed by atoms with Crippen molar-refractivity contribution >= 4 is 10.1 Å². The second-order valence-electron chi connectivity index (χ2n) is 4.96. The maximum atomic E-state index is 11.9. The second kappa shape index (κ2) is 7.40. The van der Waals surface area contributed by atoms with Gasteiger partial charge in [-0.1, -0.05) is 17.7 Å². The molecule has 1 heterocycles. The zero-order valence-corrected chi connectivity index (χ0v) is 12.9. The Kier molecular flexibility index (Phi) is 6.36. The predicted octanol–water partition coefficient (Wildman–Crippen LogP) is 2.17. The topological polar surface area (TPSA) is 75.6 Å². The van der Waals surface area contributed by atoms with Crippen LogP contribution in [0.1, 0.15) is 12.5 Å². The van der Waals surface area contributed by atoms with Gasteiger partial charge in [0.05, 0.1) is 11.5 Å². The molecule has 0 aromatic heterocycles. The third-order valence-electron chi connectivity index (χ3n) is 2.88. The Morgan fingerprint density at radius 3 is 2.18 bits per heavy atom. The lowest BCUT2D eigenvalue weighted by molar-refractivity contribution is -0.228. The minimum absolute atomic E-state index is 0.0219. The lowest BCUT2D eigenvalue weighted by Gasteiger charge is -2.29. The molecule has 1 aromatic rings. The number of halogens is 3. The van der Waals surface area contributed by atoms with Gasteiger partial charge in [0.1, 0.15) is 0 Å². The normalized spacial score (nSPS) is 22.6. The molecule has 0 amide bonds. The van der Waals surface area contributed by atoms with Crippen molar-refractivity contribution in [3.63, 3.8) is 0 Å². The van der Waals surface area contributed by atoms with Crippen LogP contribution in [-0.4, -0.2) is 44.4 Å². The second-order valence-corrected chi connectivity index (χ2v) is 6.38. The quantitative estimate of drug-likeness (QED) is 0.766. The Morgan fingerprint density at radius 1 is 1.27 bits per heavy atom. The highest BCUT2D eigenvalue weighted by Gasteiger charge is 2.42. The van der Waals surface area contributed by atoms with Gasteiger partial charge in [0.15, 0.2) is 6.10 Å². The average Bonchev–Trinajstić information content (AvgIpc) is 2.38. The molecule has 126 valence electrons. The molecule has 1 aliphatic rings. The summed E-state index contributed by atoms with van der Waals surface area (Å²) in [6.45, 7) is 3.62. The number of benzene rings is 1. The molecule has 1 saturated heterocycles. The number of aryl methyl sites for hydroxylation is 1. The number of rotatable bonds is 1.